The number of aromatic carboxylic acids is 1. The summed E-state index contributed by atoms with van der Waals surface area (Å²) in [4.78, 5) is 11.2. The Balaban J connectivity index is 2.39. The molecule has 3 heteroatoms. The van der Waals surface area contributed by atoms with Gasteiger partial charge in [0.2, 0.25) is 0 Å². The summed E-state index contributed by atoms with van der Waals surface area (Å²) in [7, 11) is 0. The third-order valence-corrected chi connectivity index (χ3v) is 3.01. The van der Waals surface area contributed by atoms with Gasteiger partial charge in [-0.1, -0.05) is 44.2 Å². The summed E-state index contributed by atoms with van der Waals surface area (Å²) < 4.78 is 0. The van der Waals surface area contributed by atoms with Crippen LogP contribution in [0.2, 0.25) is 0 Å². The Morgan fingerprint density at radius 2 is 1.58 bits per heavy atom. The first-order chi connectivity index (χ1) is 9.09. The van der Waals surface area contributed by atoms with Crippen molar-refractivity contribution in [3.05, 3.63) is 59.7 Å². The zero-order valence-electron chi connectivity index (χ0n) is 11.1. The van der Waals surface area contributed by atoms with Crippen molar-refractivity contribution >= 4 is 17.3 Å². The lowest BCUT2D eigenvalue weighted by atomic mass is 10.0. The molecule has 0 radical (unpaired) electrons. The highest BCUT2D eigenvalue weighted by Gasteiger charge is 2.11. The molecule has 2 aromatic rings. The van der Waals surface area contributed by atoms with Crippen molar-refractivity contribution in [2.45, 2.75) is 19.8 Å². The lowest BCUT2D eigenvalue weighted by molar-refractivity contribution is 0.0698. The van der Waals surface area contributed by atoms with E-state index in [0.29, 0.717) is 11.6 Å². The van der Waals surface area contributed by atoms with E-state index in [9.17, 15) is 9.90 Å². The molecule has 0 unspecified atom stereocenters. The Morgan fingerprint density at radius 1 is 1.00 bits per heavy atom. The first-order valence-corrected chi connectivity index (χ1v) is 6.28. The van der Waals surface area contributed by atoms with Crippen LogP contribution in [0, 0.1) is 0 Å². The Hall–Kier alpha value is -2.29. The zero-order valence-corrected chi connectivity index (χ0v) is 11.1. The van der Waals surface area contributed by atoms with E-state index in [1.165, 1.54) is 5.56 Å². The molecule has 2 N–H and O–H groups in total. The third kappa shape index (κ3) is 2.94. The highest BCUT2D eigenvalue weighted by atomic mass is 16.4. The number of hydrogen-bond acceptors (Lipinski definition) is 2. The van der Waals surface area contributed by atoms with Crippen LogP contribution in [0.3, 0.4) is 0 Å². The van der Waals surface area contributed by atoms with Gasteiger partial charge in [-0.05, 0) is 29.7 Å². The fourth-order valence-corrected chi connectivity index (χ4v) is 2.04. The van der Waals surface area contributed by atoms with Crippen molar-refractivity contribution in [1.29, 1.82) is 0 Å². The molecular weight excluding hydrogens is 238 g/mol. The molecule has 3 nitrogen and oxygen atoms in total. The summed E-state index contributed by atoms with van der Waals surface area (Å²) in [6, 6.07) is 14.9. The Kier molecular flexibility index (Phi) is 3.85. The van der Waals surface area contributed by atoms with Crippen molar-refractivity contribution in [3.8, 4) is 0 Å². The number of carboxylic acid groups (broad SMARTS) is 1. The van der Waals surface area contributed by atoms with Crippen LogP contribution in [-0.2, 0) is 0 Å². The number of carboxylic acids is 1. The van der Waals surface area contributed by atoms with E-state index in [1.807, 2.05) is 24.3 Å². The van der Waals surface area contributed by atoms with Crippen molar-refractivity contribution in [3.63, 3.8) is 0 Å². The molecule has 0 fully saturated rings. The van der Waals surface area contributed by atoms with Crippen LogP contribution in [0.5, 0.6) is 0 Å². The van der Waals surface area contributed by atoms with Gasteiger partial charge in [-0.3, -0.25) is 0 Å². The molecule has 2 rings (SSSR count). The van der Waals surface area contributed by atoms with E-state index < -0.39 is 5.97 Å². The van der Waals surface area contributed by atoms with E-state index in [-0.39, 0.29) is 5.56 Å². The molecule has 19 heavy (non-hydrogen) atoms. The van der Waals surface area contributed by atoms with E-state index >= 15 is 0 Å². The minimum absolute atomic E-state index is 0.279. The number of para-hydroxylation sites is 2. The molecule has 0 amide bonds. The second-order valence-electron chi connectivity index (χ2n) is 4.72. The lowest BCUT2D eigenvalue weighted by Gasteiger charge is -2.15. The third-order valence-electron chi connectivity index (χ3n) is 3.01. The monoisotopic (exact) mass is 255 g/mol. The fraction of sp³-hybridized carbons (Fsp3) is 0.188. The average Bonchev–Trinajstić information content (AvgIpc) is 2.39. The van der Waals surface area contributed by atoms with Crippen molar-refractivity contribution in [2.75, 3.05) is 5.32 Å². The number of benzene rings is 2. The van der Waals surface area contributed by atoms with Crippen molar-refractivity contribution in [1.82, 2.24) is 0 Å². The number of hydrogen-bond donors (Lipinski definition) is 2. The van der Waals surface area contributed by atoms with Crippen molar-refractivity contribution < 1.29 is 9.90 Å². The number of rotatable bonds is 4. The average molecular weight is 255 g/mol. The van der Waals surface area contributed by atoms with Gasteiger partial charge in [0.1, 0.15) is 0 Å². The lowest BCUT2D eigenvalue weighted by Crippen LogP contribution is -2.04. The SMILES string of the molecule is CC(C)c1ccccc1Nc1ccccc1C(=O)O. The van der Waals surface area contributed by atoms with Gasteiger partial charge < -0.3 is 10.4 Å². The highest BCUT2D eigenvalue weighted by Crippen LogP contribution is 2.28. The van der Waals surface area contributed by atoms with Crippen LogP contribution in [0.1, 0.15) is 35.7 Å². The van der Waals surface area contributed by atoms with Gasteiger partial charge in [-0.2, -0.15) is 0 Å². The second kappa shape index (κ2) is 5.57. The van der Waals surface area contributed by atoms with Crippen LogP contribution in [0.15, 0.2) is 48.5 Å². The van der Waals surface area contributed by atoms with Gasteiger partial charge in [0, 0.05) is 5.69 Å². The summed E-state index contributed by atoms with van der Waals surface area (Å²) in [5.74, 6) is -0.550. The Morgan fingerprint density at radius 3 is 2.21 bits per heavy atom. The second-order valence-corrected chi connectivity index (χ2v) is 4.72. The van der Waals surface area contributed by atoms with Gasteiger partial charge in [0.05, 0.1) is 11.3 Å². The minimum atomic E-state index is -0.926. The standard InChI is InChI=1S/C16H17NO2/c1-11(2)12-7-3-5-9-14(12)17-15-10-6-4-8-13(15)16(18)19/h3-11,17H,1-2H3,(H,18,19). The topological polar surface area (TPSA) is 49.3 Å². The molecule has 0 saturated heterocycles. The van der Waals surface area contributed by atoms with Crippen LogP contribution >= 0.6 is 0 Å². The van der Waals surface area contributed by atoms with Crippen molar-refractivity contribution in [2.24, 2.45) is 0 Å². The molecule has 0 aliphatic rings. The van der Waals surface area contributed by atoms with Gasteiger partial charge in [0.25, 0.3) is 0 Å². The molecule has 2 aromatic carbocycles. The Bertz CT molecular complexity index is 591. The van der Waals surface area contributed by atoms with Crippen LogP contribution in [0.25, 0.3) is 0 Å². The summed E-state index contributed by atoms with van der Waals surface area (Å²) >= 11 is 0. The predicted molar refractivity (Wildman–Crippen MR) is 77.2 cm³/mol. The largest absolute Gasteiger partial charge is 0.478 e. The summed E-state index contributed by atoms with van der Waals surface area (Å²) in [6.45, 7) is 4.23. The van der Waals surface area contributed by atoms with Gasteiger partial charge in [-0.25, -0.2) is 4.79 Å². The highest BCUT2D eigenvalue weighted by molar-refractivity contribution is 5.95. The molecule has 0 aliphatic carbocycles. The van der Waals surface area contributed by atoms with Gasteiger partial charge >= 0.3 is 5.97 Å². The molecular formula is C16H17NO2. The van der Waals surface area contributed by atoms with Gasteiger partial charge in [-0.15, -0.1) is 0 Å². The first kappa shape index (κ1) is 13.1. The molecule has 98 valence electrons. The molecule has 0 aromatic heterocycles. The van der Waals surface area contributed by atoms with E-state index in [2.05, 4.69) is 25.2 Å². The molecule has 0 heterocycles. The Labute approximate surface area is 112 Å². The number of nitrogens with one attached hydrogen (secondary N) is 1. The molecule has 0 atom stereocenters. The number of anilines is 2. The summed E-state index contributed by atoms with van der Waals surface area (Å²) in [5.41, 5.74) is 3.01. The van der Waals surface area contributed by atoms with E-state index in [0.717, 1.165) is 5.69 Å². The quantitative estimate of drug-likeness (QED) is 0.858. The zero-order chi connectivity index (χ0) is 13.8. The van der Waals surface area contributed by atoms with Crippen LogP contribution < -0.4 is 5.32 Å². The number of carbonyl (C=O) groups is 1. The van der Waals surface area contributed by atoms with E-state index in [4.69, 9.17) is 0 Å². The maximum Gasteiger partial charge on any atom is 0.337 e. The molecule has 0 saturated carbocycles. The normalized spacial score (nSPS) is 10.5. The molecule has 0 bridgehead atoms. The van der Waals surface area contributed by atoms with Crippen LogP contribution in [0.4, 0.5) is 11.4 Å². The minimum Gasteiger partial charge on any atom is -0.478 e. The smallest absolute Gasteiger partial charge is 0.337 e. The molecule has 0 spiro atoms. The maximum atomic E-state index is 11.2. The predicted octanol–water partition coefficient (Wildman–Crippen LogP) is 4.25. The van der Waals surface area contributed by atoms with Crippen LogP contribution in [-0.4, -0.2) is 11.1 Å². The molecule has 0 aliphatic heterocycles. The van der Waals surface area contributed by atoms with E-state index in [1.54, 1.807) is 18.2 Å². The maximum absolute atomic E-state index is 11.2. The van der Waals surface area contributed by atoms with Gasteiger partial charge in [0.15, 0.2) is 0 Å². The summed E-state index contributed by atoms with van der Waals surface area (Å²) in [5, 5.41) is 12.4. The fourth-order valence-electron chi connectivity index (χ4n) is 2.04. The summed E-state index contributed by atoms with van der Waals surface area (Å²) in [6.07, 6.45) is 0. The first-order valence-electron chi connectivity index (χ1n) is 6.28.